The van der Waals surface area contributed by atoms with Crippen LogP contribution in [0, 0.1) is 11.3 Å². The molecule has 192 valence electrons. The van der Waals surface area contributed by atoms with Crippen LogP contribution in [-0.4, -0.2) is 27.2 Å². The molecule has 1 N–H and O–H groups in total. The maximum absolute atomic E-state index is 12.7. The lowest BCUT2D eigenvalue weighted by Crippen LogP contribution is -2.24. The molecule has 3 rings (SSSR count). The first-order valence-electron chi connectivity index (χ1n) is 10.8. The molecule has 0 fully saturated rings. The molecule has 0 aliphatic heterocycles. The Morgan fingerprint density at radius 3 is 2.32 bits per heavy atom. The van der Waals surface area contributed by atoms with Gasteiger partial charge in [-0.25, -0.2) is 0 Å². The summed E-state index contributed by atoms with van der Waals surface area (Å²) in [6.07, 6.45) is 1.41. The van der Waals surface area contributed by atoms with E-state index in [1.807, 2.05) is 6.07 Å². The van der Waals surface area contributed by atoms with Crippen molar-refractivity contribution in [1.82, 2.24) is 5.32 Å². The van der Waals surface area contributed by atoms with E-state index in [0.29, 0.717) is 38.6 Å². The third kappa shape index (κ3) is 7.23. The molecule has 0 aromatic heterocycles. The van der Waals surface area contributed by atoms with Gasteiger partial charge in [0.2, 0.25) is 0 Å². The van der Waals surface area contributed by atoms with Gasteiger partial charge in [-0.2, -0.15) is 5.26 Å². The molecule has 0 aliphatic rings. The summed E-state index contributed by atoms with van der Waals surface area (Å²) in [6.45, 7) is 0.319. The van der Waals surface area contributed by atoms with Gasteiger partial charge in [0, 0.05) is 18.2 Å². The van der Waals surface area contributed by atoms with Crippen molar-refractivity contribution in [2.75, 3.05) is 21.3 Å². The second-order valence-corrected chi connectivity index (χ2v) is 8.82. The van der Waals surface area contributed by atoms with Crippen molar-refractivity contribution in [1.29, 1.82) is 5.26 Å². The number of hydrogen-bond donors (Lipinski definition) is 1. The van der Waals surface area contributed by atoms with Gasteiger partial charge >= 0.3 is 0 Å². The molecule has 0 saturated heterocycles. The predicted molar refractivity (Wildman–Crippen MR) is 144 cm³/mol. The summed E-state index contributed by atoms with van der Waals surface area (Å²) in [6, 6.07) is 15.5. The highest BCUT2D eigenvalue weighted by molar-refractivity contribution is 6.42. The first kappa shape index (κ1) is 28.0. The van der Waals surface area contributed by atoms with Gasteiger partial charge < -0.3 is 24.3 Å². The number of rotatable bonds is 10. The summed E-state index contributed by atoms with van der Waals surface area (Å²) >= 11 is 18.5. The van der Waals surface area contributed by atoms with Crippen molar-refractivity contribution < 1.29 is 23.7 Å². The monoisotopic (exact) mass is 560 g/mol. The SMILES string of the molecule is COc1ccc(CNC(=O)/C(C#N)=C/c2cc(Cl)c(OCc3ccc(Cl)c(Cl)c3)c(OC)c2)c(OC)c1. The number of nitrogens with zero attached hydrogens (tertiary/aromatic N) is 1. The highest BCUT2D eigenvalue weighted by Gasteiger charge is 2.15. The van der Waals surface area contributed by atoms with Crippen LogP contribution in [0.5, 0.6) is 23.0 Å². The van der Waals surface area contributed by atoms with E-state index in [1.54, 1.807) is 55.6 Å². The van der Waals surface area contributed by atoms with Gasteiger partial charge in [-0.05, 0) is 53.6 Å². The molecule has 0 atom stereocenters. The molecule has 0 saturated carbocycles. The van der Waals surface area contributed by atoms with Crippen LogP contribution in [0.3, 0.4) is 0 Å². The van der Waals surface area contributed by atoms with Crippen LogP contribution in [-0.2, 0) is 17.9 Å². The molecule has 10 heteroatoms. The minimum absolute atomic E-state index is 0.116. The lowest BCUT2D eigenvalue weighted by molar-refractivity contribution is -0.117. The first-order valence-corrected chi connectivity index (χ1v) is 12.0. The maximum Gasteiger partial charge on any atom is 0.262 e. The van der Waals surface area contributed by atoms with Crippen LogP contribution in [0.4, 0.5) is 0 Å². The molecule has 0 radical (unpaired) electrons. The van der Waals surface area contributed by atoms with Crippen LogP contribution in [0.15, 0.2) is 54.1 Å². The van der Waals surface area contributed by atoms with Gasteiger partial charge in [-0.1, -0.05) is 40.9 Å². The Morgan fingerprint density at radius 2 is 1.68 bits per heavy atom. The number of hydrogen-bond acceptors (Lipinski definition) is 6. The summed E-state index contributed by atoms with van der Waals surface area (Å²) in [7, 11) is 4.54. The lowest BCUT2D eigenvalue weighted by Gasteiger charge is -2.14. The van der Waals surface area contributed by atoms with Gasteiger partial charge in [0.25, 0.3) is 5.91 Å². The molecule has 0 aliphatic carbocycles. The Labute approximate surface area is 230 Å². The molecular weight excluding hydrogens is 539 g/mol. The van der Waals surface area contributed by atoms with Crippen LogP contribution in [0.25, 0.3) is 6.08 Å². The van der Waals surface area contributed by atoms with Crippen LogP contribution >= 0.6 is 34.8 Å². The molecule has 37 heavy (non-hydrogen) atoms. The number of amides is 1. The third-order valence-electron chi connectivity index (χ3n) is 5.23. The molecular formula is C27H23Cl3N2O5. The molecule has 0 heterocycles. The molecule has 0 bridgehead atoms. The molecule has 3 aromatic carbocycles. The minimum Gasteiger partial charge on any atom is -0.497 e. The van der Waals surface area contributed by atoms with E-state index in [1.165, 1.54) is 20.3 Å². The number of benzene rings is 3. The second kappa shape index (κ2) is 13.1. The number of carbonyl (C=O) groups excluding carboxylic acids is 1. The number of nitriles is 1. The van der Waals surface area contributed by atoms with Crippen LogP contribution in [0.2, 0.25) is 15.1 Å². The van der Waals surface area contributed by atoms with Crippen molar-refractivity contribution >= 4 is 46.8 Å². The minimum atomic E-state index is -0.560. The van der Waals surface area contributed by atoms with E-state index in [2.05, 4.69) is 5.32 Å². The Hall–Kier alpha value is -3.57. The average Bonchev–Trinajstić information content (AvgIpc) is 2.91. The number of methoxy groups -OCH3 is 3. The summed E-state index contributed by atoms with van der Waals surface area (Å²) in [4.78, 5) is 12.7. The Kier molecular flexibility index (Phi) is 9.93. The van der Waals surface area contributed by atoms with E-state index >= 15 is 0 Å². The smallest absolute Gasteiger partial charge is 0.262 e. The topological polar surface area (TPSA) is 89.8 Å². The van der Waals surface area contributed by atoms with E-state index in [4.69, 9.17) is 53.8 Å². The maximum atomic E-state index is 12.7. The number of ether oxygens (including phenoxy) is 4. The predicted octanol–water partition coefficient (Wildman–Crippen LogP) is 6.47. The molecule has 0 unspecified atom stereocenters. The number of halogens is 3. The summed E-state index contributed by atoms with van der Waals surface area (Å²) < 4.78 is 21.8. The van der Waals surface area contributed by atoms with Crippen molar-refractivity contribution in [3.05, 3.63) is 85.9 Å². The van der Waals surface area contributed by atoms with E-state index in [0.717, 1.165) is 11.1 Å². The second-order valence-electron chi connectivity index (χ2n) is 7.60. The lowest BCUT2D eigenvalue weighted by atomic mass is 10.1. The first-order chi connectivity index (χ1) is 17.8. The molecule has 0 spiro atoms. The highest BCUT2D eigenvalue weighted by atomic mass is 35.5. The van der Waals surface area contributed by atoms with Gasteiger partial charge in [0.15, 0.2) is 11.5 Å². The van der Waals surface area contributed by atoms with E-state index < -0.39 is 5.91 Å². The third-order valence-corrected chi connectivity index (χ3v) is 6.25. The van der Waals surface area contributed by atoms with Crippen LogP contribution < -0.4 is 24.3 Å². The van der Waals surface area contributed by atoms with Crippen molar-refractivity contribution in [2.24, 2.45) is 0 Å². The molecule has 1 amide bonds. The highest BCUT2D eigenvalue weighted by Crippen LogP contribution is 2.38. The number of nitrogens with one attached hydrogen (secondary N) is 1. The normalized spacial score (nSPS) is 10.9. The summed E-state index contributed by atoms with van der Waals surface area (Å²) in [5.41, 5.74) is 1.88. The summed E-state index contributed by atoms with van der Waals surface area (Å²) in [5.74, 6) is 1.26. The fourth-order valence-corrected chi connectivity index (χ4v) is 3.93. The average molecular weight is 562 g/mol. The van der Waals surface area contributed by atoms with Gasteiger partial charge in [0.1, 0.15) is 29.7 Å². The van der Waals surface area contributed by atoms with E-state index in [9.17, 15) is 10.1 Å². The Bertz CT molecular complexity index is 1370. The van der Waals surface area contributed by atoms with E-state index in [-0.39, 0.29) is 23.7 Å². The molecule has 7 nitrogen and oxygen atoms in total. The fourth-order valence-electron chi connectivity index (χ4n) is 3.33. The Balaban J connectivity index is 1.76. The largest absolute Gasteiger partial charge is 0.497 e. The van der Waals surface area contributed by atoms with Crippen molar-refractivity contribution in [2.45, 2.75) is 13.2 Å². The Morgan fingerprint density at radius 1 is 0.919 bits per heavy atom. The van der Waals surface area contributed by atoms with Gasteiger partial charge in [0.05, 0.1) is 36.4 Å². The fraction of sp³-hybridized carbons (Fsp3) is 0.185. The zero-order valence-corrected chi connectivity index (χ0v) is 22.5. The van der Waals surface area contributed by atoms with Crippen LogP contribution in [0.1, 0.15) is 16.7 Å². The van der Waals surface area contributed by atoms with Gasteiger partial charge in [-0.3, -0.25) is 4.79 Å². The summed E-state index contributed by atoms with van der Waals surface area (Å²) in [5, 5.41) is 13.4. The standard InChI is InChI=1S/C27H23Cl3N2O5/c1-34-20-6-5-18(24(12-20)35-2)14-32-27(33)19(13-31)8-17-10-23(30)26(25(11-17)36-3)37-15-16-4-7-21(28)22(29)9-16/h4-12H,14-15H2,1-3H3,(H,32,33)/b19-8+. The van der Waals surface area contributed by atoms with Gasteiger partial charge in [-0.15, -0.1) is 0 Å². The zero-order chi connectivity index (χ0) is 26.9. The quantitative estimate of drug-likeness (QED) is 0.225. The molecule has 3 aromatic rings. The zero-order valence-electron chi connectivity index (χ0n) is 20.2. The number of carbonyl (C=O) groups is 1. The van der Waals surface area contributed by atoms with Crippen molar-refractivity contribution in [3.63, 3.8) is 0 Å². The van der Waals surface area contributed by atoms with Crippen molar-refractivity contribution in [3.8, 4) is 29.1 Å².